The first-order valence-corrected chi connectivity index (χ1v) is 11.1. The van der Waals surface area contributed by atoms with Crippen molar-refractivity contribution < 1.29 is 22.4 Å². The summed E-state index contributed by atoms with van der Waals surface area (Å²) < 4.78 is 57.7. The highest BCUT2D eigenvalue weighted by atomic mass is 35.5. The molecule has 2 aliphatic rings. The van der Waals surface area contributed by atoms with Gasteiger partial charge in [-0.25, -0.2) is 4.39 Å². The number of likely N-dealkylation sites (tertiary alicyclic amines) is 1. The lowest BCUT2D eigenvalue weighted by Crippen LogP contribution is -2.59. The van der Waals surface area contributed by atoms with Crippen LogP contribution in [-0.4, -0.2) is 30.1 Å². The number of hydrogen-bond donors (Lipinski definition) is 0. The lowest BCUT2D eigenvalue weighted by Gasteiger charge is -2.45. The summed E-state index contributed by atoms with van der Waals surface area (Å²) in [6.45, 7) is 3.42. The lowest BCUT2D eigenvalue weighted by molar-refractivity contribution is -0.188. The minimum Gasteiger partial charge on any atom is -0.335 e. The molecule has 0 spiro atoms. The topological polar surface area (TPSA) is 45.0 Å². The number of amides is 1. The number of carbonyl (C=O) groups is 1. The van der Waals surface area contributed by atoms with Gasteiger partial charge >= 0.3 is 6.18 Å². The molecule has 2 aromatic rings. The van der Waals surface area contributed by atoms with Crippen LogP contribution in [0.25, 0.3) is 0 Å². The van der Waals surface area contributed by atoms with Crippen LogP contribution < -0.4 is 0 Å². The maximum atomic E-state index is 15.2. The third kappa shape index (κ3) is 4.23. The Bertz CT molecular complexity index is 1080. The van der Waals surface area contributed by atoms with Gasteiger partial charge in [0.1, 0.15) is 0 Å². The van der Waals surface area contributed by atoms with Crippen LogP contribution in [0.4, 0.5) is 17.6 Å². The van der Waals surface area contributed by atoms with Gasteiger partial charge in [0, 0.05) is 22.4 Å². The molecule has 1 fully saturated rings. The van der Waals surface area contributed by atoms with E-state index < -0.39 is 29.8 Å². The maximum absolute atomic E-state index is 15.2. The summed E-state index contributed by atoms with van der Waals surface area (Å²) in [6, 6.07) is 9.06. The van der Waals surface area contributed by atoms with E-state index >= 15 is 4.39 Å². The van der Waals surface area contributed by atoms with E-state index in [0.29, 0.717) is 11.1 Å². The fourth-order valence-corrected chi connectivity index (χ4v) is 4.81. The minimum absolute atomic E-state index is 0.0425. The molecule has 2 aliphatic heterocycles. The molecule has 4 rings (SSSR count). The lowest BCUT2D eigenvalue weighted by atomic mass is 9.82. The molecule has 0 N–H and O–H groups in total. The Morgan fingerprint density at radius 1 is 1.06 bits per heavy atom. The summed E-state index contributed by atoms with van der Waals surface area (Å²) in [5.41, 5.74) is -3.56. The molecule has 1 saturated heterocycles. The van der Waals surface area contributed by atoms with E-state index in [1.807, 2.05) is 0 Å². The van der Waals surface area contributed by atoms with Gasteiger partial charge < -0.3 is 4.90 Å². The van der Waals surface area contributed by atoms with Crippen molar-refractivity contribution in [3.8, 4) is 0 Å². The average Bonchev–Trinajstić information content (AvgIpc) is 3.17. The van der Waals surface area contributed by atoms with Gasteiger partial charge in [-0.15, -0.1) is 0 Å². The number of hydrogen-bond acceptors (Lipinski definition) is 3. The largest absolute Gasteiger partial charge is 0.419 e. The van der Waals surface area contributed by atoms with E-state index in [0.717, 1.165) is 0 Å². The monoisotopic (exact) mass is 501 g/mol. The van der Waals surface area contributed by atoms with E-state index in [1.165, 1.54) is 35.2 Å². The van der Waals surface area contributed by atoms with E-state index in [-0.39, 0.29) is 40.5 Å². The molecule has 0 saturated carbocycles. The number of halogens is 6. The minimum atomic E-state index is -4.72. The van der Waals surface area contributed by atoms with Gasteiger partial charge in [0.05, 0.1) is 19.1 Å². The first-order valence-electron chi connectivity index (χ1n) is 10.4. The fraction of sp³-hybridized carbons (Fsp3) is 0.435. The molecule has 33 heavy (non-hydrogen) atoms. The van der Waals surface area contributed by atoms with E-state index in [2.05, 4.69) is 10.2 Å². The molecule has 2 unspecified atom stereocenters. The van der Waals surface area contributed by atoms with Crippen LogP contribution in [0.15, 0.2) is 52.7 Å². The molecule has 10 heteroatoms. The second kappa shape index (κ2) is 8.24. The zero-order chi connectivity index (χ0) is 24.2. The van der Waals surface area contributed by atoms with Gasteiger partial charge in [-0.1, -0.05) is 61.3 Å². The highest BCUT2D eigenvalue weighted by molar-refractivity contribution is 6.34. The van der Waals surface area contributed by atoms with Crippen LogP contribution in [0.1, 0.15) is 43.0 Å². The van der Waals surface area contributed by atoms with Crippen LogP contribution >= 0.6 is 23.2 Å². The normalized spacial score (nSPS) is 24.3. The van der Waals surface area contributed by atoms with Crippen LogP contribution in [0.5, 0.6) is 0 Å². The summed E-state index contributed by atoms with van der Waals surface area (Å²) in [6.07, 6.45) is -5.18. The second-order valence-corrected chi connectivity index (χ2v) is 9.76. The molecule has 2 heterocycles. The first kappa shape index (κ1) is 24.0. The molecule has 0 radical (unpaired) electrons. The van der Waals surface area contributed by atoms with Crippen molar-refractivity contribution >= 4 is 29.1 Å². The van der Waals surface area contributed by atoms with Gasteiger partial charge in [-0.3, -0.25) is 4.79 Å². The summed E-state index contributed by atoms with van der Waals surface area (Å²) >= 11 is 11.9. The number of nitrogens with zero attached hydrogens (tertiary/aromatic N) is 3. The van der Waals surface area contributed by atoms with E-state index in [9.17, 15) is 18.0 Å². The predicted molar refractivity (Wildman–Crippen MR) is 117 cm³/mol. The van der Waals surface area contributed by atoms with Crippen molar-refractivity contribution in [1.29, 1.82) is 0 Å². The molecule has 0 bridgehead atoms. The standard InChI is InChI=1S/C23H21Cl2F4N3O/c1-13(2)20(33)32-11-21(26,12-32)15-5-3-14(4-6-15)19-10-22(31-30-19,23(27,28)29)16-7-17(24)9-18(25)8-16/h3-9,13,19H,10-12H2,1-2H3. The Balaban J connectivity index is 1.54. The van der Waals surface area contributed by atoms with E-state index in [1.54, 1.807) is 26.0 Å². The number of benzene rings is 2. The SMILES string of the molecule is CC(C)C(=O)N1CC(F)(c2ccc(C3CC(c4cc(Cl)cc(Cl)c4)(C(F)(F)F)N=N3)cc2)C1. The van der Waals surface area contributed by atoms with Gasteiger partial charge in [0.2, 0.25) is 11.4 Å². The average molecular weight is 502 g/mol. The van der Waals surface area contributed by atoms with Gasteiger partial charge in [-0.05, 0) is 34.9 Å². The summed E-state index contributed by atoms with van der Waals surface area (Å²) in [5, 5.41) is 7.72. The Morgan fingerprint density at radius 3 is 2.15 bits per heavy atom. The number of carbonyl (C=O) groups excluding carboxylic acids is 1. The van der Waals surface area contributed by atoms with Crippen molar-refractivity contribution in [3.05, 3.63) is 69.2 Å². The Morgan fingerprint density at radius 2 is 1.64 bits per heavy atom. The highest BCUT2D eigenvalue weighted by Gasteiger charge is 2.60. The van der Waals surface area contributed by atoms with Crippen LogP contribution in [0, 0.1) is 5.92 Å². The molecule has 2 atom stereocenters. The Hall–Kier alpha value is -2.19. The van der Waals surface area contributed by atoms with Crippen molar-refractivity contribution in [2.45, 2.75) is 43.7 Å². The molecule has 176 valence electrons. The smallest absolute Gasteiger partial charge is 0.335 e. The molecule has 1 amide bonds. The molecule has 0 aliphatic carbocycles. The van der Waals surface area contributed by atoms with Gasteiger partial charge in [0.15, 0.2) is 5.67 Å². The second-order valence-electron chi connectivity index (χ2n) is 8.89. The molecule has 0 aromatic heterocycles. The van der Waals surface area contributed by atoms with Crippen LogP contribution in [-0.2, 0) is 16.0 Å². The molecule has 2 aromatic carbocycles. The number of rotatable bonds is 4. The maximum Gasteiger partial charge on any atom is 0.419 e. The van der Waals surface area contributed by atoms with Crippen molar-refractivity contribution in [3.63, 3.8) is 0 Å². The first-order chi connectivity index (χ1) is 15.3. The fourth-order valence-electron chi connectivity index (χ4n) is 4.28. The Kier molecular flexibility index (Phi) is 5.98. The van der Waals surface area contributed by atoms with E-state index in [4.69, 9.17) is 23.2 Å². The quantitative estimate of drug-likeness (QED) is 0.415. The zero-order valence-electron chi connectivity index (χ0n) is 17.8. The third-order valence-corrected chi connectivity index (χ3v) is 6.60. The van der Waals surface area contributed by atoms with Crippen LogP contribution in [0.2, 0.25) is 10.0 Å². The molecular formula is C23H21Cl2F4N3O. The summed E-state index contributed by atoms with van der Waals surface area (Å²) in [7, 11) is 0. The van der Waals surface area contributed by atoms with Gasteiger partial charge in [-0.2, -0.15) is 23.4 Å². The zero-order valence-corrected chi connectivity index (χ0v) is 19.3. The summed E-state index contributed by atoms with van der Waals surface area (Å²) in [4.78, 5) is 13.5. The van der Waals surface area contributed by atoms with Crippen molar-refractivity contribution in [2.75, 3.05) is 13.1 Å². The third-order valence-electron chi connectivity index (χ3n) is 6.17. The number of azo groups is 1. The highest BCUT2D eigenvalue weighted by Crippen LogP contribution is 2.53. The summed E-state index contributed by atoms with van der Waals surface area (Å²) in [5.74, 6) is -0.330. The predicted octanol–water partition coefficient (Wildman–Crippen LogP) is 7.01. The van der Waals surface area contributed by atoms with Crippen molar-refractivity contribution in [1.82, 2.24) is 4.90 Å². The molecular weight excluding hydrogens is 481 g/mol. The number of alkyl halides is 4. The van der Waals surface area contributed by atoms with Crippen molar-refractivity contribution in [2.24, 2.45) is 16.1 Å². The Labute approximate surface area is 198 Å². The molecule has 4 nitrogen and oxygen atoms in total. The van der Waals surface area contributed by atoms with Gasteiger partial charge in [0.25, 0.3) is 0 Å². The van der Waals surface area contributed by atoms with Crippen LogP contribution in [0.3, 0.4) is 0 Å².